The Morgan fingerprint density at radius 3 is 2.93 bits per heavy atom. The molecule has 0 saturated carbocycles. The summed E-state index contributed by atoms with van der Waals surface area (Å²) in [6.45, 7) is 2.12. The second kappa shape index (κ2) is 4.76. The third-order valence-corrected chi connectivity index (χ3v) is 3.13. The summed E-state index contributed by atoms with van der Waals surface area (Å²) in [5.74, 6) is 0. The van der Waals surface area contributed by atoms with Crippen molar-refractivity contribution < 1.29 is 0 Å². The molecule has 1 N–H and O–H groups in total. The molecule has 0 radical (unpaired) electrons. The van der Waals surface area contributed by atoms with Crippen molar-refractivity contribution >= 4 is 15.9 Å². The highest BCUT2D eigenvalue weighted by Crippen LogP contribution is 2.24. The first-order chi connectivity index (χ1) is 6.86. The molecule has 0 aromatic carbocycles. The monoisotopic (exact) mass is 251 g/mol. The predicted molar refractivity (Wildman–Crippen MR) is 64.4 cm³/mol. The van der Waals surface area contributed by atoms with Crippen LogP contribution in [0.1, 0.15) is 12.8 Å². The zero-order valence-corrected chi connectivity index (χ0v) is 9.68. The first-order valence-corrected chi connectivity index (χ1v) is 5.78. The van der Waals surface area contributed by atoms with Crippen LogP contribution in [0.3, 0.4) is 0 Å². The van der Waals surface area contributed by atoms with Gasteiger partial charge in [0, 0.05) is 11.0 Å². The quantitative estimate of drug-likeness (QED) is 0.756. The van der Waals surface area contributed by atoms with Gasteiger partial charge in [0.2, 0.25) is 0 Å². The Bertz CT molecular complexity index is 331. The summed E-state index contributed by atoms with van der Waals surface area (Å²) < 4.78 is 1.18. The molecule has 0 unspecified atom stereocenters. The average molecular weight is 252 g/mol. The fourth-order valence-electron chi connectivity index (χ4n) is 1.75. The summed E-state index contributed by atoms with van der Waals surface area (Å²) in [7, 11) is 0. The van der Waals surface area contributed by atoms with Gasteiger partial charge in [-0.25, -0.2) is 0 Å². The van der Waals surface area contributed by atoms with E-state index in [0.717, 1.165) is 25.9 Å². The van der Waals surface area contributed by atoms with Gasteiger partial charge in [-0.2, -0.15) is 0 Å². The van der Waals surface area contributed by atoms with Gasteiger partial charge in [0.05, 0.1) is 0 Å². The Morgan fingerprint density at radius 2 is 2.14 bits per heavy atom. The molecule has 74 valence electrons. The zero-order valence-electron chi connectivity index (χ0n) is 8.09. The van der Waals surface area contributed by atoms with Crippen molar-refractivity contribution in [2.45, 2.75) is 12.8 Å². The van der Waals surface area contributed by atoms with Crippen LogP contribution in [-0.4, -0.2) is 13.1 Å². The number of rotatable bonds is 1. The van der Waals surface area contributed by atoms with Crippen molar-refractivity contribution in [2.75, 3.05) is 13.1 Å². The summed E-state index contributed by atoms with van der Waals surface area (Å²) in [4.78, 5) is 0. The van der Waals surface area contributed by atoms with Gasteiger partial charge in [-0.3, -0.25) is 0 Å². The van der Waals surface area contributed by atoms with Gasteiger partial charge in [-0.1, -0.05) is 40.2 Å². The van der Waals surface area contributed by atoms with Crippen LogP contribution in [-0.2, 0) is 0 Å². The first-order valence-electron chi connectivity index (χ1n) is 4.99. The molecule has 2 aliphatic rings. The molecule has 1 aliphatic heterocycles. The summed E-state index contributed by atoms with van der Waals surface area (Å²) in [5, 5.41) is 3.33. The molecule has 2 rings (SSSR count). The maximum absolute atomic E-state index is 3.50. The van der Waals surface area contributed by atoms with Crippen molar-refractivity contribution in [3.05, 3.63) is 46.0 Å². The van der Waals surface area contributed by atoms with Crippen LogP contribution in [0.5, 0.6) is 0 Å². The molecule has 1 heterocycles. The number of halogens is 1. The van der Waals surface area contributed by atoms with E-state index < -0.39 is 0 Å². The normalized spacial score (nSPS) is 22.2. The van der Waals surface area contributed by atoms with E-state index in [2.05, 4.69) is 51.6 Å². The zero-order chi connectivity index (χ0) is 9.80. The highest BCUT2D eigenvalue weighted by atomic mass is 79.9. The fraction of sp³-hybridized carbons (Fsp3) is 0.333. The van der Waals surface area contributed by atoms with Crippen molar-refractivity contribution in [3.8, 4) is 0 Å². The minimum Gasteiger partial charge on any atom is -0.313 e. The molecular formula is C12H14BrN. The lowest BCUT2D eigenvalue weighted by Crippen LogP contribution is -2.21. The second-order valence-corrected chi connectivity index (χ2v) is 4.44. The summed E-state index contributed by atoms with van der Waals surface area (Å²) in [6.07, 6.45) is 13.2. The second-order valence-electron chi connectivity index (χ2n) is 3.53. The highest BCUT2D eigenvalue weighted by molar-refractivity contribution is 9.11. The van der Waals surface area contributed by atoms with Gasteiger partial charge in [-0.05, 0) is 36.6 Å². The molecular weight excluding hydrogens is 238 g/mol. The Labute approximate surface area is 93.4 Å². The molecule has 0 aromatic rings. The molecule has 0 fully saturated rings. The van der Waals surface area contributed by atoms with Crippen LogP contribution in [0, 0.1) is 0 Å². The van der Waals surface area contributed by atoms with Gasteiger partial charge in [-0.15, -0.1) is 0 Å². The molecule has 1 aliphatic carbocycles. The van der Waals surface area contributed by atoms with Crippen LogP contribution >= 0.6 is 15.9 Å². The third-order valence-electron chi connectivity index (χ3n) is 2.55. The highest BCUT2D eigenvalue weighted by Gasteiger charge is 2.07. The van der Waals surface area contributed by atoms with E-state index in [-0.39, 0.29) is 0 Å². The van der Waals surface area contributed by atoms with Crippen molar-refractivity contribution in [2.24, 2.45) is 0 Å². The lowest BCUT2D eigenvalue weighted by Gasteiger charge is -2.15. The smallest absolute Gasteiger partial charge is 0.0140 e. The summed E-state index contributed by atoms with van der Waals surface area (Å²) in [6, 6.07) is 0. The van der Waals surface area contributed by atoms with Gasteiger partial charge in [0.1, 0.15) is 0 Å². The third kappa shape index (κ3) is 2.46. The molecule has 0 amide bonds. The van der Waals surface area contributed by atoms with Crippen LogP contribution < -0.4 is 5.32 Å². The van der Waals surface area contributed by atoms with Gasteiger partial charge < -0.3 is 5.32 Å². The van der Waals surface area contributed by atoms with Crippen LogP contribution in [0.4, 0.5) is 0 Å². The Balaban J connectivity index is 2.15. The molecule has 0 aromatic heterocycles. The van der Waals surface area contributed by atoms with E-state index in [0.29, 0.717) is 0 Å². The fourth-order valence-corrected chi connectivity index (χ4v) is 2.07. The van der Waals surface area contributed by atoms with Crippen molar-refractivity contribution in [3.63, 3.8) is 0 Å². The van der Waals surface area contributed by atoms with E-state index in [1.165, 1.54) is 15.6 Å². The van der Waals surface area contributed by atoms with Crippen molar-refractivity contribution in [1.29, 1.82) is 0 Å². The maximum atomic E-state index is 3.50. The van der Waals surface area contributed by atoms with Crippen LogP contribution in [0.2, 0.25) is 0 Å². The molecule has 0 saturated heterocycles. The largest absolute Gasteiger partial charge is 0.313 e. The first kappa shape index (κ1) is 9.94. The minimum atomic E-state index is 1.02. The minimum absolute atomic E-state index is 1.02. The number of nitrogens with one attached hydrogen (secondary N) is 1. The Morgan fingerprint density at radius 1 is 1.21 bits per heavy atom. The predicted octanol–water partition coefficient (Wildman–Crippen LogP) is 3.07. The topological polar surface area (TPSA) is 12.0 Å². The standard InChI is InChI=1S/C12H14BrN/c13-12-3-1-2-10(4-5-12)11-6-8-14-9-7-11/h1-3,5-6,14H,4,7-9H2. The maximum Gasteiger partial charge on any atom is 0.0140 e. The Hall–Kier alpha value is -0.600. The van der Waals surface area contributed by atoms with E-state index in [4.69, 9.17) is 0 Å². The molecule has 0 spiro atoms. The van der Waals surface area contributed by atoms with Crippen LogP contribution in [0.25, 0.3) is 0 Å². The SMILES string of the molecule is BrC1=CCC(C2=CCNCC2)=CC=C1. The molecule has 14 heavy (non-hydrogen) atoms. The molecule has 0 atom stereocenters. The average Bonchev–Trinajstić information content (AvgIpc) is 2.44. The van der Waals surface area contributed by atoms with Gasteiger partial charge in [0.15, 0.2) is 0 Å². The molecule has 2 heteroatoms. The van der Waals surface area contributed by atoms with E-state index in [1.54, 1.807) is 0 Å². The Kier molecular flexibility index (Phi) is 3.38. The summed E-state index contributed by atoms with van der Waals surface area (Å²) >= 11 is 3.50. The molecule has 0 bridgehead atoms. The number of hydrogen-bond acceptors (Lipinski definition) is 1. The van der Waals surface area contributed by atoms with E-state index in [1.807, 2.05) is 0 Å². The number of allylic oxidation sites excluding steroid dienone is 6. The van der Waals surface area contributed by atoms with E-state index in [9.17, 15) is 0 Å². The van der Waals surface area contributed by atoms with Crippen molar-refractivity contribution in [1.82, 2.24) is 5.32 Å². The van der Waals surface area contributed by atoms with Crippen LogP contribution in [0.15, 0.2) is 46.0 Å². The number of hydrogen-bond donors (Lipinski definition) is 1. The van der Waals surface area contributed by atoms with Gasteiger partial charge in [0.25, 0.3) is 0 Å². The molecule has 1 nitrogen and oxygen atoms in total. The lowest BCUT2D eigenvalue weighted by molar-refractivity contribution is 0.705. The summed E-state index contributed by atoms with van der Waals surface area (Å²) in [5.41, 5.74) is 2.96. The lowest BCUT2D eigenvalue weighted by atomic mass is 9.97. The van der Waals surface area contributed by atoms with E-state index >= 15 is 0 Å². The van der Waals surface area contributed by atoms with Gasteiger partial charge >= 0.3 is 0 Å².